The number of carboxylic acid groups (broad SMARTS) is 1. The highest BCUT2D eigenvalue weighted by molar-refractivity contribution is 7.89. The molecule has 0 aliphatic carbocycles. The third-order valence-corrected chi connectivity index (χ3v) is 5.63. The molecular formula is C11H15NO6S2. The number of nitrogens with one attached hydrogen (secondary N) is 1. The highest BCUT2D eigenvalue weighted by Gasteiger charge is 2.36. The van der Waals surface area contributed by atoms with Gasteiger partial charge in [0.2, 0.25) is 10.0 Å². The fourth-order valence-electron chi connectivity index (χ4n) is 1.84. The van der Waals surface area contributed by atoms with E-state index >= 15 is 0 Å². The van der Waals surface area contributed by atoms with E-state index in [0.29, 0.717) is 19.6 Å². The molecule has 9 heteroatoms. The second-order valence-corrected chi connectivity index (χ2v) is 7.14. The number of sulfonamides is 1. The van der Waals surface area contributed by atoms with E-state index in [1.54, 1.807) is 0 Å². The predicted octanol–water partition coefficient (Wildman–Crippen LogP) is 0.530. The molecule has 0 spiro atoms. The maximum atomic E-state index is 12.1. The Morgan fingerprint density at radius 3 is 2.90 bits per heavy atom. The molecule has 2 N–H and O–H groups in total. The van der Waals surface area contributed by atoms with Crippen LogP contribution >= 0.6 is 11.3 Å². The molecule has 2 rings (SSSR count). The summed E-state index contributed by atoms with van der Waals surface area (Å²) in [7, 11) is -2.24. The van der Waals surface area contributed by atoms with Crippen molar-refractivity contribution in [1.82, 2.24) is 4.72 Å². The van der Waals surface area contributed by atoms with Crippen molar-refractivity contribution in [2.75, 3.05) is 26.9 Å². The molecule has 1 aliphatic heterocycles. The monoisotopic (exact) mass is 321 g/mol. The Hall–Kier alpha value is -1.00. The van der Waals surface area contributed by atoms with Gasteiger partial charge in [0, 0.05) is 32.1 Å². The van der Waals surface area contributed by atoms with Gasteiger partial charge in [-0.1, -0.05) is 0 Å². The summed E-state index contributed by atoms with van der Waals surface area (Å²) in [6.07, 6.45) is 0.607. The fourth-order valence-corrected chi connectivity index (χ4v) is 4.07. The van der Waals surface area contributed by atoms with Crippen molar-refractivity contribution in [3.05, 3.63) is 16.3 Å². The topological polar surface area (TPSA) is 102 Å². The second kappa shape index (κ2) is 5.78. The summed E-state index contributed by atoms with van der Waals surface area (Å²) in [6, 6.07) is 1.14. The smallest absolute Gasteiger partial charge is 0.345 e. The number of hydrogen-bond acceptors (Lipinski definition) is 6. The van der Waals surface area contributed by atoms with Gasteiger partial charge in [-0.25, -0.2) is 17.9 Å². The molecule has 7 nitrogen and oxygen atoms in total. The number of carbonyl (C=O) groups is 1. The molecule has 1 fully saturated rings. The molecule has 1 saturated heterocycles. The highest BCUT2D eigenvalue weighted by atomic mass is 32.2. The number of carboxylic acids is 1. The number of aromatic carboxylic acids is 1. The fraction of sp³-hybridized carbons (Fsp3) is 0.545. The summed E-state index contributed by atoms with van der Waals surface area (Å²) < 4.78 is 37.2. The van der Waals surface area contributed by atoms with Gasteiger partial charge in [-0.2, -0.15) is 0 Å². The third-order valence-electron chi connectivity index (χ3n) is 3.18. The lowest BCUT2D eigenvalue weighted by molar-refractivity contribution is -0.0120. The Morgan fingerprint density at radius 2 is 2.40 bits per heavy atom. The van der Waals surface area contributed by atoms with Crippen LogP contribution in [-0.4, -0.2) is 52.0 Å². The minimum absolute atomic E-state index is 0.0176. The van der Waals surface area contributed by atoms with Gasteiger partial charge >= 0.3 is 5.97 Å². The average Bonchev–Trinajstić information content (AvgIpc) is 3.07. The Kier molecular flexibility index (Phi) is 4.45. The van der Waals surface area contributed by atoms with E-state index in [4.69, 9.17) is 14.6 Å². The van der Waals surface area contributed by atoms with Crippen molar-refractivity contribution in [2.45, 2.75) is 16.9 Å². The summed E-state index contributed by atoms with van der Waals surface area (Å²) >= 11 is 0.873. The van der Waals surface area contributed by atoms with Crippen LogP contribution in [0.1, 0.15) is 16.1 Å². The van der Waals surface area contributed by atoms with Crippen molar-refractivity contribution in [3.63, 3.8) is 0 Å². The minimum atomic E-state index is -3.75. The Balaban J connectivity index is 2.08. The predicted molar refractivity (Wildman–Crippen MR) is 71.6 cm³/mol. The molecule has 0 bridgehead atoms. The lowest BCUT2D eigenvalue weighted by Crippen LogP contribution is -2.44. The lowest BCUT2D eigenvalue weighted by atomic mass is 10.0. The molecule has 0 saturated carbocycles. The van der Waals surface area contributed by atoms with Crippen molar-refractivity contribution in [3.8, 4) is 0 Å². The van der Waals surface area contributed by atoms with Crippen molar-refractivity contribution >= 4 is 27.3 Å². The number of ether oxygens (including phenoxy) is 2. The minimum Gasteiger partial charge on any atom is -0.477 e. The van der Waals surface area contributed by atoms with E-state index in [1.165, 1.54) is 12.5 Å². The first-order valence-corrected chi connectivity index (χ1v) is 8.19. The molecule has 0 aromatic carbocycles. The summed E-state index contributed by atoms with van der Waals surface area (Å²) in [5.74, 6) is -1.14. The first-order valence-electron chi connectivity index (χ1n) is 5.83. The normalized spacial score (nSPS) is 23.1. The second-order valence-electron chi connectivity index (χ2n) is 4.47. The van der Waals surface area contributed by atoms with Crippen molar-refractivity contribution in [1.29, 1.82) is 0 Å². The molecule has 1 atom stereocenters. The van der Waals surface area contributed by atoms with Gasteiger partial charge in [0.15, 0.2) is 0 Å². The van der Waals surface area contributed by atoms with E-state index in [1.807, 2.05) is 0 Å². The van der Waals surface area contributed by atoms with E-state index in [0.717, 1.165) is 17.4 Å². The maximum absolute atomic E-state index is 12.1. The first-order chi connectivity index (χ1) is 9.38. The van der Waals surface area contributed by atoms with Gasteiger partial charge < -0.3 is 14.6 Å². The Labute approximate surface area is 120 Å². The molecule has 1 aromatic heterocycles. The summed E-state index contributed by atoms with van der Waals surface area (Å²) in [5, 5.41) is 10.1. The molecule has 0 radical (unpaired) electrons. The van der Waals surface area contributed by atoms with E-state index < -0.39 is 21.6 Å². The Bertz CT molecular complexity index is 588. The van der Waals surface area contributed by atoms with Gasteiger partial charge in [0.05, 0.1) is 11.5 Å². The number of methoxy groups -OCH3 is 1. The van der Waals surface area contributed by atoms with Gasteiger partial charge in [0.25, 0.3) is 0 Å². The van der Waals surface area contributed by atoms with Crippen LogP contribution in [0.2, 0.25) is 0 Å². The number of thiophene rings is 1. The van der Waals surface area contributed by atoms with E-state index in [2.05, 4.69) is 4.72 Å². The SMILES string of the molecule is COC1(CNS(=O)(=O)c2csc(C(=O)O)c2)CCOC1. The molecule has 1 aromatic rings. The van der Waals surface area contributed by atoms with Crippen LogP contribution in [0.4, 0.5) is 0 Å². The largest absolute Gasteiger partial charge is 0.477 e. The Morgan fingerprint density at radius 1 is 1.65 bits per heavy atom. The first kappa shape index (κ1) is 15.4. The van der Waals surface area contributed by atoms with E-state index in [9.17, 15) is 13.2 Å². The third kappa shape index (κ3) is 3.18. The molecule has 1 unspecified atom stereocenters. The standard InChI is InChI=1S/C11H15NO6S2/c1-17-11(2-3-18-7-11)6-12-20(15,16)8-4-9(10(13)14)19-5-8/h4-5,12H,2-3,6-7H2,1H3,(H,13,14). The van der Waals surface area contributed by atoms with Crippen LogP contribution in [0.3, 0.4) is 0 Å². The zero-order chi connectivity index (χ0) is 14.8. The molecule has 2 heterocycles. The van der Waals surface area contributed by atoms with Crippen LogP contribution in [0.25, 0.3) is 0 Å². The van der Waals surface area contributed by atoms with Crippen molar-refractivity contribution in [2.24, 2.45) is 0 Å². The van der Waals surface area contributed by atoms with Gasteiger partial charge in [-0.05, 0) is 6.07 Å². The maximum Gasteiger partial charge on any atom is 0.345 e. The molecular weight excluding hydrogens is 306 g/mol. The van der Waals surface area contributed by atoms with Gasteiger partial charge in [-0.15, -0.1) is 11.3 Å². The van der Waals surface area contributed by atoms with Crippen LogP contribution < -0.4 is 4.72 Å². The zero-order valence-corrected chi connectivity index (χ0v) is 12.4. The zero-order valence-electron chi connectivity index (χ0n) is 10.8. The highest BCUT2D eigenvalue weighted by Crippen LogP contribution is 2.23. The van der Waals surface area contributed by atoms with Gasteiger partial charge in [-0.3, -0.25) is 0 Å². The van der Waals surface area contributed by atoms with Crippen LogP contribution in [0.15, 0.2) is 16.3 Å². The van der Waals surface area contributed by atoms with Crippen LogP contribution in [0, 0.1) is 0 Å². The van der Waals surface area contributed by atoms with E-state index in [-0.39, 0.29) is 16.3 Å². The molecule has 1 aliphatic rings. The summed E-state index contributed by atoms with van der Waals surface area (Å²) in [6.45, 7) is 0.942. The number of rotatable bonds is 6. The van der Waals surface area contributed by atoms with Gasteiger partial charge in [0.1, 0.15) is 10.5 Å². The lowest BCUT2D eigenvalue weighted by Gasteiger charge is -2.25. The van der Waals surface area contributed by atoms with Crippen molar-refractivity contribution < 1.29 is 27.8 Å². The number of hydrogen-bond donors (Lipinski definition) is 2. The molecule has 20 heavy (non-hydrogen) atoms. The summed E-state index contributed by atoms with van der Waals surface area (Å²) in [4.78, 5) is 10.7. The average molecular weight is 321 g/mol. The summed E-state index contributed by atoms with van der Waals surface area (Å²) in [5.41, 5.74) is -0.654. The molecule has 112 valence electrons. The molecule has 0 amide bonds. The quantitative estimate of drug-likeness (QED) is 0.792. The van der Waals surface area contributed by atoms with Crippen LogP contribution in [-0.2, 0) is 19.5 Å². The van der Waals surface area contributed by atoms with Crippen LogP contribution in [0.5, 0.6) is 0 Å².